The zero-order valence-corrected chi connectivity index (χ0v) is 14.1. The van der Waals surface area contributed by atoms with E-state index in [0.29, 0.717) is 5.69 Å². The maximum atomic E-state index is 13.3. The molecule has 1 aromatic carbocycles. The van der Waals surface area contributed by atoms with Crippen molar-refractivity contribution in [3.05, 3.63) is 30.1 Å². The molecule has 2 aliphatic heterocycles. The summed E-state index contributed by atoms with van der Waals surface area (Å²) >= 11 is 0. The summed E-state index contributed by atoms with van der Waals surface area (Å²) in [5.74, 6) is -0.0308. The lowest BCUT2D eigenvalue weighted by atomic mass is 9.80. The van der Waals surface area contributed by atoms with Crippen molar-refractivity contribution in [1.29, 1.82) is 0 Å². The number of carbonyl (C=O) groups excluding carboxylic acids is 1. The molecule has 0 aliphatic carbocycles. The van der Waals surface area contributed by atoms with Gasteiger partial charge in [-0.2, -0.15) is 18.3 Å². The number of halogens is 3. The molecule has 2 saturated heterocycles. The number of hydrogen-bond donors (Lipinski definition) is 1. The van der Waals surface area contributed by atoms with Crippen LogP contribution in [0.15, 0.2) is 24.5 Å². The molecule has 2 fully saturated rings. The van der Waals surface area contributed by atoms with Gasteiger partial charge in [-0.1, -0.05) is 0 Å². The minimum Gasteiger partial charge on any atom is -0.318 e. The number of benzene rings is 1. The van der Waals surface area contributed by atoms with Crippen molar-refractivity contribution in [2.24, 2.45) is 7.05 Å². The monoisotopic (exact) mass is 365 g/mol. The summed E-state index contributed by atoms with van der Waals surface area (Å²) in [6.45, 7) is 0. The number of nitrogens with one attached hydrogen (secondary N) is 1. The Morgan fingerprint density at radius 2 is 2.00 bits per heavy atom. The second-order valence-electron chi connectivity index (χ2n) is 6.81. The zero-order chi connectivity index (χ0) is 18.5. The van der Waals surface area contributed by atoms with E-state index in [0.717, 1.165) is 31.7 Å². The number of piperidine rings is 1. The third-order valence-electron chi connectivity index (χ3n) is 5.06. The number of alkyl halides is 3. The maximum absolute atomic E-state index is 13.3. The van der Waals surface area contributed by atoms with E-state index in [2.05, 4.69) is 15.4 Å². The lowest BCUT2D eigenvalue weighted by Gasteiger charge is -2.52. The Bertz CT molecular complexity index is 833. The highest BCUT2D eigenvalue weighted by molar-refractivity contribution is 5.91. The predicted octanol–water partition coefficient (Wildman–Crippen LogP) is 3.66. The van der Waals surface area contributed by atoms with Gasteiger partial charge in [0, 0.05) is 30.4 Å². The first-order valence-corrected chi connectivity index (χ1v) is 8.49. The van der Waals surface area contributed by atoms with E-state index in [9.17, 15) is 18.0 Å². The van der Waals surface area contributed by atoms with Gasteiger partial charge in [0.25, 0.3) is 0 Å². The molecule has 0 spiro atoms. The Kier molecular flexibility index (Phi) is 3.89. The van der Waals surface area contributed by atoms with Crippen LogP contribution in [0.5, 0.6) is 0 Å². The highest BCUT2D eigenvalue weighted by Crippen LogP contribution is 2.40. The van der Waals surface area contributed by atoms with Gasteiger partial charge in [0.15, 0.2) is 5.82 Å². The SMILES string of the molecule is Cn1cnc(-c2cc(NC(=O)N3C4CCCC3C4)ccc2C(F)(F)F)n1. The molecule has 9 heteroatoms. The molecule has 26 heavy (non-hydrogen) atoms. The first-order chi connectivity index (χ1) is 12.3. The molecule has 6 nitrogen and oxygen atoms in total. The fourth-order valence-electron chi connectivity index (χ4n) is 3.84. The smallest absolute Gasteiger partial charge is 0.318 e. The minimum absolute atomic E-state index is 0.0308. The molecule has 0 radical (unpaired) electrons. The number of fused-ring (bicyclic) bond motifs is 2. The van der Waals surface area contributed by atoms with Crippen molar-refractivity contribution in [1.82, 2.24) is 19.7 Å². The summed E-state index contributed by atoms with van der Waals surface area (Å²) in [6.07, 6.45) is 0.909. The van der Waals surface area contributed by atoms with E-state index in [1.54, 1.807) is 11.9 Å². The Hall–Kier alpha value is -2.58. The number of anilines is 1. The molecule has 3 heterocycles. The summed E-state index contributed by atoms with van der Waals surface area (Å²) in [6, 6.07) is 3.75. The van der Waals surface area contributed by atoms with Gasteiger partial charge in [-0.05, 0) is 43.9 Å². The lowest BCUT2D eigenvalue weighted by Crippen LogP contribution is -2.62. The molecule has 2 unspecified atom stereocenters. The average Bonchev–Trinajstić information content (AvgIpc) is 3.00. The molecule has 4 rings (SSSR count). The van der Waals surface area contributed by atoms with E-state index in [4.69, 9.17) is 0 Å². The van der Waals surface area contributed by atoms with Crippen LogP contribution in [0.4, 0.5) is 23.7 Å². The van der Waals surface area contributed by atoms with Crippen LogP contribution in [-0.4, -0.2) is 37.8 Å². The summed E-state index contributed by atoms with van der Waals surface area (Å²) in [5, 5.41) is 6.69. The summed E-state index contributed by atoms with van der Waals surface area (Å²) in [7, 11) is 1.58. The van der Waals surface area contributed by atoms with Crippen molar-refractivity contribution in [3.8, 4) is 11.4 Å². The van der Waals surface area contributed by atoms with E-state index < -0.39 is 11.7 Å². The summed E-state index contributed by atoms with van der Waals surface area (Å²) < 4.78 is 41.3. The maximum Gasteiger partial charge on any atom is 0.417 e. The Morgan fingerprint density at radius 3 is 2.58 bits per heavy atom. The van der Waals surface area contributed by atoms with Crippen molar-refractivity contribution in [2.45, 2.75) is 43.9 Å². The third kappa shape index (κ3) is 2.91. The van der Waals surface area contributed by atoms with Crippen molar-refractivity contribution in [2.75, 3.05) is 5.32 Å². The molecule has 1 N–H and O–H groups in total. The second-order valence-corrected chi connectivity index (χ2v) is 6.81. The fraction of sp³-hybridized carbons (Fsp3) is 0.471. The average molecular weight is 365 g/mol. The van der Waals surface area contributed by atoms with Crippen molar-refractivity contribution >= 4 is 11.7 Å². The molecule has 2 atom stereocenters. The van der Waals surface area contributed by atoms with Crippen LogP contribution >= 0.6 is 0 Å². The molecular weight excluding hydrogens is 347 g/mol. The zero-order valence-electron chi connectivity index (χ0n) is 14.1. The van der Waals surface area contributed by atoms with Crippen LogP contribution in [-0.2, 0) is 13.2 Å². The minimum atomic E-state index is -4.54. The molecule has 2 amide bonds. The Balaban J connectivity index is 1.62. The van der Waals surface area contributed by atoms with Gasteiger partial charge in [-0.15, -0.1) is 0 Å². The van der Waals surface area contributed by atoms with E-state index in [1.165, 1.54) is 23.1 Å². The highest BCUT2D eigenvalue weighted by atomic mass is 19.4. The Morgan fingerprint density at radius 1 is 1.27 bits per heavy atom. The number of aromatic nitrogens is 3. The first kappa shape index (κ1) is 16.9. The number of carbonyl (C=O) groups is 1. The van der Waals surface area contributed by atoms with Gasteiger partial charge in [0.2, 0.25) is 0 Å². The summed E-state index contributed by atoms with van der Waals surface area (Å²) in [5.41, 5.74) is -0.683. The van der Waals surface area contributed by atoms with Crippen LogP contribution in [0.25, 0.3) is 11.4 Å². The van der Waals surface area contributed by atoms with Crippen molar-refractivity contribution < 1.29 is 18.0 Å². The van der Waals surface area contributed by atoms with Gasteiger partial charge < -0.3 is 10.2 Å². The van der Waals surface area contributed by atoms with Gasteiger partial charge in [-0.25, -0.2) is 9.78 Å². The van der Waals surface area contributed by atoms with Gasteiger partial charge >= 0.3 is 12.2 Å². The van der Waals surface area contributed by atoms with Crippen molar-refractivity contribution in [3.63, 3.8) is 0 Å². The molecule has 2 bridgehead atoms. The second kappa shape index (κ2) is 6.00. The van der Waals surface area contributed by atoms with Crippen LogP contribution in [0.1, 0.15) is 31.2 Å². The van der Waals surface area contributed by atoms with E-state index >= 15 is 0 Å². The predicted molar refractivity (Wildman–Crippen MR) is 88.3 cm³/mol. The van der Waals surface area contributed by atoms with E-state index in [1.807, 2.05) is 0 Å². The largest absolute Gasteiger partial charge is 0.417 e. The molecule has 0 saturated carbocycles. The highest BCUT2D eigenvalue weighted by Gasteiger charge is 2.44. The van der Waals surface area contributed by atoms with Crippen LogP contribution in [0.3, 0.4) is 0 Å². The number of aryl methyl sites for hydroxylation is 1. The molecule has 2 aromatic rings. The normalized spacial score (nSPS) is 22.1. The molecule has 1 aromatic heterocycles. The van der Waals surface area contributed by atoms with Crippen LogP contribution < -0.4 is 5.32 Å². The standard InChI is InChI=1S/C17H18F3N5O/c1-24-9-21-15(23-24)13-7-10(5-6-14(13)17(18,19)20)22-16(26)25-11-3-2-4-12(25)8-11/h5-7,9,11-12H,2-4,8H2,1H3,(H,22,26). The summed E-state index contributed by atoms with van der Waals surface area (Å²) in [4.78, 5) is 18.2. The number of rotatable bonds is 2. The third-order valence-corrected chi connectivity index (χ3v) is 5.06. The number of amides is 2. The Labute approximate surface area is 148 Å². The van der Waals surface area contributed by atoms with Crippen LogP contribution in [0, 0.1) is 0 Å². The van der Waals surface area contributed by atoms with E-state index in [-0.39, 0.29) is 29.5 Å². The fourth-order valence-corrected chi connectivity index (χ4v) is 3.84. The molecule has 138 valence electrons. The van der Waals surface area contributed by atoms with Gasteiger partial charge in [-0.3, -0.25) is 4.68 Å². The van der Waals surface area contributed by atoms with Gasteiger partial charge in [0.1, 0.15) is 6.33 Å². The lowest BCUT2D eigenvalue weighted by molar-refractivity contribution is -0.137. The topological polar surface area (TPSA) is 63.1 Å². The number of nitrogens with zero attached hydrogens (tertiary/aromatic N) is 4. The van der Waals surface area contributed by atoms with Crippen LogP contribution in [0.2, 0.25) is 0 Å². The quantitative estimate of drug-likeness (QED) is 0.883. The van der Waals surface area contributed by atoms with Gasteiger partial charge in [0.05, 0.1) is 5.56 Å². The number of urea groups is 1. The first-order valence-electron chi connectivity index (χ1n) is 8.49. The number of hydrogen-bond acceptors (Lipinski definition) is 3. The molecular formula is C17H18F3N5O. The molecule has 2 aliphatic rings.